The summed E-state index contributed by atoms with van der Waals surface area (Å²) in [7, 11) is 0. The Kier molecular flexibility index (Phi) is 5.00. The van der Waals surface area contributed by atoms with Crippen LogP contribution in [-0.2, 0) is 0 Å². The Morgan fingerprint density at radius 3 is 0.595 bits per heavy atom. The minimum atomic E-state index is -0.794. The zero-order valence-corrected chi connectivity index (χ0v) is 26.9. The van der Waals surface area contributed by atoms with Gasteiger partial charge in [-0.25, -0.2) is 0 Å². The Morgan fingerprint density at radius 2 is 0.476 bits per heavy atom. The molecule has 3 aliphatic rings. The highest BCUT2D eigenvalue weighted by Gasteiger charge is 2.50. The van der Waals surface area contributed by atoms with E-state index in [4.69, 9.17) is 28.4 Å². The lowest BCUT2D eigenvalue weighted by molar-refractivity contribution is -0.142. The molecule has 42 heavy (non-hydrogen) atoms. The highest BCUT2D eigenvalue weighted by atomic mass is 16.7. The second-order valence-electron chi connectivity index (χ2n) is 15.7. The summed E-state index contributed by atoms with van der Waals surface area (Å²) in [6.45, 7) is 25.2. The Bertz CT molecular complexity index is 1480. The van der Waals surface area contributed by atoms with Gasteiger partial charge < -0.3 is 28.4 Å². The largest absolute Gasteiger partial charge is 0.448 e. The molecule has 0 bridgehead atoms. The zero-order valence-electron chi connectivity index (χ0n) is 26.9. The van der Waals surface area contributed by atoms with Gasteiger partial charge in [0.15, 0.2) is 34.5 Å². The van der Waals surface area contributed by atoms with Gasteiger partial charge in [-0.3, -0.25) is 0 Å². The Labute approximate surface area is 248 Å². The minimum Gasteiger partial charge on any atom is -0.448 e. The van der Waals surface area contributed by atoms with E-state index in [0.29, 0.717) is 0 Å². The molecule has 3 aliphatic heterocycles. The fourth-order valence-electron chi connectivity index (χ4n) is 5.74. The molecule has 4 aromatic rings. The van der Waals surface area contributed by atoms with Crippen molar-refractivity contribution in [3.63, 3.8) is 0 Å². The molecule has 0 unspecified atom stereocenters. The summed E-state index contributed by atoms with van der Waals surface area (Å²) in [5.74, 6) is 2.03. The molecule has 0 radical (unpaired) electrons. The summed E-state index contributed by atoms with van der Waals surface area (Å²) >= 11 is 0. The molecule has 0 aromatic heterocycles. The van der Waals surface area contributed by atoms with E-state index in [1.807, 2.05) is 20.8 Å². The van der Waals surface area contributed by atoms with Crippen molar-refractivity contribution in [2.24, 2.45) is 16.2 Å². The van der Waals surface area contributed by atoms with Crippen LogP contribution in [0, 0.1) is 16.2 Å². The Morgan fingerprint density at radius 1 is 0.333 bits per heavy atom. The molecule has 0 N–H and O–H groups in total. The highest BCUT2D eigenvalue weighted by Crippen LogP contribution is 2.55. The van der Waals surface area contributed by atoms with E-state index < -0.39 is 17.4 Å². The van der Waals surface area contributed by atoms with Gasteiger partial charge in [0.25, 0.3) is 17.4 Å². The molecule has 0 aliphatic carbocycles. The number of hydrogen-bond donors (Lipinski definition) is 0. The first kappa shape index (κ1) is 27.3. The average Bonchev–Trinajstić information content (AvgIpc) is 3.49. The van der Waals surface area contributed by atoms with Gasteiger partial charge in [-0.2, -0.15) is 0 Å². The van der Waals surface area contributed by atoms with Gasteiger partial charge in [0, 0.05) is 37.0 Å². The van der Waals surface area contributed by atoms with E-state index in [0.717, 1.165) is 66.8 Å². The lowest BCUT2D eigenvalue weighted by atomic mass is 9.87. The van der Waals surface area contributed by atoms with Crippen molar-refractivity contribution in [2.75, 3.05) is 0 Å². The van der Waals surface area contributed by atoms with Crippen molar-refractivity contribution in [1.29, 1.82) is 0 Å². The van der Waals surface area contributed by atoms with Gasteiger partial charge >= 0.3 is 0 Å². The third-order valence-corrected chi connectivity index (χ3v) is 10.0. The minimum absolute atomic E-state index is 0.241. The molecule has 6 nitrogen and oxygen atoms in total. The van der Waals surface area contributed by atoms with Gasteiger partial charge in [0.1, 0.15) is 0 Å². The molecule has 0 spiro atoms. The standard InChI is InChI=1S/C36H42O6/c1-31(2,3)34(10)37-25-13-19-20(14-26(25)38-34)22-16-28-30(42-36(12,40-28)33(7,8)9)18-24(22)23-17-29-27(15-21(19)23)39-35(11,41-29)32(4,5)6/h13-18H,1-12H3. The fraction of sp³-hybridized carbons (Fsp3) is 0.500. The molecular weight excluding hydrogens is 528 g/mol. The topological polar surface area (TPSA) is 55.4 Å². The first-order chi connectivity index (χ1) is 19.2. The SMILES string of the molecule is CC(C)(C)C1(C)Oc2cc3c4cc5c(cc4c4cc6c(cc4c3cc2O1)OC(C)(C(C)(C)C)O6)OC(C)(C(C)(C)C)O5. The summed E-state index contributed by atoms with van der Waals surface area (Å²) in [6.07, 6.45) is 0. The van der Waals surface area contributed by atoms with E-state index >= 15 is 0 Å². The summed E-state index contributed by atoms with van der Waals surface area (Å²) in [5, 5.41) is 6.28. The normalized spacial score (nSPS) is 26.6. The first-order valence-electron chi connectivity index (χ1n) is 14.9. The van der Waals surface area contributed by atoms with Crippen LogP contribution in [0.1, 0.15) is 83.1 Å². The van der Waals surface area contributed by atoms with Crippen LogP contribution in [-0.4, -0.2) is 17.4 Å². The van der Waals surface area contributed by atoms with Crippen LogP contribution in [0.5, 0.6) is 34.5 Å². The summed E-state index contributed by atoms with van der Waals surface area (Å²) in [4.78, 5) is 0. The molecule has 0 atom stereocenters. The van der Waals surface area contributed by atoms with Crippen LogP contribution in [0.25, 0.3) is 32.3 Å². The average molecular weight is 571 g/mol. The number of benzene rings is 4. The maximum absolute atomic E-state index is 6.51. The smallest absolute Gasteiger partial charge is 0.253 e. The van der Waals surface area contributed by atoms with Crippen molar-refractivity contribution in [3.05, 3.63) is 36.4 Å². The molecular formula is C36H42O6. The number of ether oxygens (including phenoxy) is 6. The van der Waals surface area contributed by atoms with Gasteiger partial charge in [0.05, 0.1) is 0 Å². The van der Waals surface area contributed by atoms with E-state index in [2.05, 4.69) is 98.7 Å². The summed E-state index contributed by atoms with van der Waals surface area (Å²) in [6, 6.07) is 12.7. The van der Waals surface area contributed by atoms with Crippen molar-refractivity contribution in [1.82, 2.24) is 0 Å². The van der Waals surface area contributed by atoms with Gasteiger partial charge in [-0.05, 0) is 68.7 Å². The Hall–Kier alpha value is -3.54. The van der Waals surface area contributed by atoms with Crippen LogP contribution in [0.15, 0.2) is 36.4 Å². The molecule has 0 saturated heterocycles. The third kappa shape index (κ3) is 3.56. The van der Waals surface area contributed by atoms with Gasteiger partial charge in [0.2, 0.25) is 0 Å². The molecule has 6 heteroatoms. The lowest BCUT2D eigenvalue weighted by Gasteiger charge is -2.35. The first-order valence-corrected chi connectivity index (χ1v) is 14.9. The highest BCUT2D eigenvalue weighted by molar-refractivity contribution is 6.27. The number of hydrogen-bond acceptors (Lipinski definition) is 6. The van der Waals surface area contributed by atoms with Crippen molar-refractivity contribution in [3.8, 4) is 34.5 Å². The van der Waals surface area contributed by atoms with Crippen LogP contribution < -0.4 is 28.4 Å². The predicted octanol–water partition coefficient (Wildman–Crippen LogP) is 9.75. The van der Waals surface area contributed by atoms with Crippen molar-refractivity contribution >= 4 is 32.3 Å². The van der Waals surface area contributed by atoms with E-state index in [9.17, 15) is 0 Å². The van der Waals surface area contributed by atoms with Crippen LogP contribution in [0.4, 0.5) is 0 Å². The van der Waals surface area contributed by atoms with E-state index in [1.54, 1.807) is 0 Å². The van der Waals surface area contributed by atoms with Crippen molar-refractivity contribution < 1.29 is 28.4 Å². The quantitative estimate of drug-likeness (QED) is 0.196. The van der Waals surface area contributed by atoms with E-state index in [-0.39, 0.29) is 16.2 Å². The molecule has 0 saturated carbocycles. The number of fused-ring (bicyclic) bond motifs is 9. The van der Waals surface area contributed by atoms with Crippen LogP contribution >= 0.6 is 0 Å². The molecule has 7 rings (SSSR count). The molecule has 222 valence electrons. The number of rotatable bonds is 0. The molecule has 3 heterocycles. The van der Waals surface area contributed by atoms with Crippen LogP contribution in [0.3, 0.4) is 0 Å². The molecule has 0 fully saturated rings. The predicted molar refractivity (Wildman–Crippen MR) is 166 cm³/mol. The third-order valence-electron chi connectivity index (χ3n) is 10.0. The monoisotopic (exact) mass is 570 g/mol. The second kappa shape index (κ2) is 7.69. The fourth-order valence-corrected chi connectivity index (χ4v) is 5.74. The lowest BCUT2D eigenvalue weighted by Crippen LogP contribution is -2.47. The maximum Gasteiger partial charge on any atom is 0.253 e. The van der Waals surface area contributed by atoms with Crippen LogP contribution in [0.2, 0.25) is 0 Å². The van der Waals surface area contributed by atoms with Crippen molar-refractivity contribution in [2.45, 2.75) is 100 Å². The van der Waals surface area contributed by atoms with E-state index in [1.165, 1.54) is 0 Å². The van der Waals surface area contributed by atoms with Gasteiger partial charge in [-0.15, -0.1) is 0 Å². The van der Waals surface area contributed by atoms with Gasteiger partial charge in [-0.1, -0.05) is 62.3 Å². The second-order valence-corrected chi connectivity index (χ2v) is 15.7. The Balaban J connectivity index is 1.52. The summed E-state index contributed by atoms with van der Waals surface area (Å²) < 4.78 is 39.1. The summed E-state index contributed by atoms with van der Waals surface area (Å²) in [5.41, 5.74) is -0.723. The molecule has 0 amide bonds. The zero-order chi connectivity index (χ0) is 30.4. The molecule has 4 aromatic carbocycles. The maximum atomic E-state index is 6.51.